The number of carbonyl (C=O) groups is 2. The first kappa shape index (κ1) is 16.1. The average Bonchev–Trinajstić information content (AvgIpc) is 2.83. The van der Waals surface area contributed by atoms with Crippen LogP contribution in [0.4, 0.5) is 23.7 Å². The van der Waals surface area contributed by atoms with Gasteiger partial charge in [-0.25, -0.2) is 4.79 Å². The molecule has 1 aromatic heterocycles. The first-order valence-electron chi connectivity index (χ1n) is 6.49. The number of nitrogens with one attached hydrogen (secondary N) is 1. The molecule has 3 amide bonds. The van der Waals surface area contributed by atoms with Gasteiger partial charge in [-0.05, 0) is 13.8 Å². The Balaban J connectivity index is 2.04. The second kappa shape index (κ2) is 5.50. The van der Waals surface area contributed by atoms with Gasteiger partial charge in [0.1, 0.15) is 13.1 Å². The molecule has 122 valence electrons. The Bertz CT molecular complexity index is 611. The number of rotatable bonds is 2. The van der Waals surface area contributed by atoms with E-state index >= 15 is 0 Å². The van der Waals surface area contributed by atoms with Crippen LogP contribution in [-0.4, -0.2) is 57.5 Å². The van der Waals surface area contributed by atoms with Crippen molar-refractivity contribution in [2.75, 3.05) is 25.1 Å². The van der Waals surface area contributed by atoms with Crippen LogP contribution in [-0.2, 0) is 11.8 Å². The Kier molecular flexibility index (Phi) is 4.03. The number of alkyl halides is 3. The SMILES string of the molecule is Cc1nn(C)c(C)c1NC(=O)N1CC(=O)N(CC(F)(F)F)C1. The van der Waals surface area contributed by atoms with Gasteiger partial charge in [0.15, 0.2) is 0 Å². The molecule has 0 bridgehead atoms. The Hall–Kier alpha value is -2.26. The number of urea groups is 1. The third-order valence-corrected chi connectivity index (χ3v) is 3.42. The summed E-state index contributed by atoms with van der Waals surface area (Å²) in [5.74, 6) is -0.730. The zero-order valence-electron chi connectivity index (χ0n) is 12.4. The van der Waals surface area contributed by atoms with E-state index < -0.39 is 24.7 Å². The van der Waals surface area contributed by atoms with Crippen molar-refractivity contribution in [3.63, 3.8) is 0 Å². The molecule has 1 fully saturated rings. The Labute approximate surface area is 124 Å². The van der Waals surface area contributed by atoms with Crippen LogP contribution >= 0.6 is 0 Å². The zero-order chi connectivity index (χ0) is 16.7. The maximum absolute atomic E-state index is 12.3. The van der Waals surface area contributed by atoms with Crippen LogP contribution in [0.3, 0.4) is 0 Å². The van der Waals surface area contributed by atoms with E-state index in [0.717, 1.165) is 4.90 Å². The Morgan fingerprint density at radius 3 is 2.50 bits per heavy atom. The van der Waals surface area contributed by atoms with Gasteiger partial charge in [0.2, 0.25) is 5.91 Å². The standard InChI is InChI=1S/C12H16F3N5O2/c1-7-10(8(2)18(3)17-7)16-11(22)19-4-9(21)20(6-19)5-12(13,14)15/h4-6H2,1-3H3,(H,16,22). The van der Waals surface area contributed by atoms with Crippen molar-refractivity contribution >= 4 is 17.6 Å². The monoisotopic (exact) mass is 319 g/mol. The predicted molar refractivity (Wildman–Crippen MR) is 71.0 cm³/mol. The summed E-state index contributed by atoms with van der Waals surface area (Å²) in [4.78, 5) is 25.3. The molecule has 0 atom stereocenters. The highest BCUT2D eigenvalue weighted by molar-refractivity contribution is 5.95. The Morgan fingerprint density at radius 1 is 1.36 bits per heavy atom. The number of anilines is 1. The molecule has 2 heterocycles. The summed E-state index contributed by atoms with van der Waals surface area (Å²) in [7, 11) is 1.71. The number of nitrogens with zero attached hydrogens (tertiary/aromatic N) is 4. The van der Waals surface area contributed by atoms with Crippen molar-refractivity contribution in [3.05, 3.63) is 11.4 Å². The highest BCUT2D eigenvalue weighted by atomic mass is 19.4. The van der Waals surface area contributed by atoms with E-state index in [-0.39, 0.29) is 13.2 Å². The quantitative estimate of drug-likeness (QED) is 0.891. The molecule has 0 spiro atoms. The maximum Gasteiger partial charge on any atom is 0.406 e. The van der Waals surface area contributed by atoms with Crippen molar-refractivity contribution in [2.24, 2.45) is 7.05 Å². The molecule has 10 heteroatoms. The molecule has 1 saturated heterocycles. The van der Waals surface area contributed by atoms with E-state index in [9.17, 15) is 22.8 Å². The lowest BCUT2D eigenvalue weighted by atomic mass is 10.3. The van der Waals surface area contributed by atoms with Gasteiger partial charge >= 0.3 is 12.2 Å². The molecule has 0 unspecified atom stereocenters. The molecule has 0 radical (unpaired) electrons. The average molecular weight is 319 g/mol. The van der Waals surface area contributed by atoms with Gasteiger partial charge in [-0.1, -0.05) is 0 Å². The maximum atomic E-state index is 12.3. The Morgan fingerprint density at radius 2 is 2.00 bits per heavy atom. The fourth-order valence-electron chi connectivity index (χ4n) is 2.23. The molecule has 1 aliphatic heterocycles. The summed E-state index contributed by atoms with van der Waals surface area (Å²) >= 11 is 0. The van der Waals surface area contributed by atoms with Gasteiger partial charge in [-0.3, -0.25) is 14.4 Å². The van der Waals surface area contributed by atoms with Crippen LogP contribution in [0.5, 0.6) is 0 Å². The van der Waals surface area contributed by atoms with Crippen LogP contribution < -0.4 is 5.32 Å². The van der Waals surface area contributed by atoms with Crippen LogP contribution in [0.1, 0.15) is 11.4 Å². The van der Waals surface area contributed by atoms with E-state index in [4.69, 9.17) is 0 Å². The van der Waals surface area contributed by atoms with E-state index in [1.807, 2.05) is 0 Å². The third-order valence-electron chi connectivity index (χ3n) is 3.42. The molecule has 0 aromatic carbocycles. The largest absolute Gasteiger partial charge is 0.406 e. The van der Waals surface area contributed by atoms with Gasteiger partial charge in [0.05, 0.1) is 23.7 Å². The lowest BCUT2D eigenvalue weighted by Crippen LogP contribution is -2.38. The molecule has 1 aromatic rings. The lowest BCUT2D eigenvalue weighted by molar-refractivity contribution is -0.157. The number of halogens is 3. The first-order valence-corrected chi connectivity index (χ1v) is 6.49. The van der Waals surface area contributed by atoms with Crippen molar-refractivity contribution in [1.29, 1.82) is 0 Å². The lowest BCUT2D eigenvalue weighted by Gasteiger charge is -2.19. The minimum absolute atomic E-state index is 0.375. The summed E-state index contributed by atoms with van der Waals surface area (Å²) in [6, 6.07) is -0.628. The topological polar surface area (TPSA) is 70.5 Å². The van der Waals surface area contributed by atoms with E-state index in [0.29, 0.717) is 22.0 Å². The van der Waals surface area contributed by atoms with E-state index in [2.05, 4.69) is 10.4 Å². The predicted octanol–water partition coefficient (Wildman–Crippen LogP) is 1.23. The summed E-state index contributed by atoms with van der Waals surface area (Å²) in [5.41, 5.74) is 1.80. The third kappa shape index (κ3) is 3.31. The summed E-state index contributed by atoms with van der Waals surface area (Å²) in [5, 5.41) is 6.71. The smallest absolute Gasteiger partial charge is 0.314 e. The zero-order valence-corrected chi connectivity index (χ0v) is 12.4. The van der Waals surface area contributed by atoms with Crippen LogP contribution in [0.2, 0.25) is 0 Å². The number of hydrogen-bond donors (Lipinski definition) is 1. The number of aromatic nitrogens is 2. The van der Waals surface area contributed by atoms with Gasteiger partial charge in [0, 0.05) is 7.05 Å². The van der Waals surface area contributed by atoms with Crippen molar-refractivity contribution < 1.29 is 22.8 Å². The summed E-state index contributed by atoms with van der Waals surface area (Å²) in [6.07, 6.45) is -4.49. The number of hydrogen-bond acceptors (Lipinski definition) is 3. The molecule has 0 aliphatic carbocycles. The molecule has 0 saturated carbocycles. The second-order valence-corrected chi connectivity index (χ2v) is 5.15. The van der Waals surface area contributed by atoms with Gasteiger partial charge in [-0.2, -0.15) is 18.3 Å². The summed E-state index contributed by atoms with van der Waals surface area (Å²) in [6.45, 7) is 1.33. The number of amides is 3. The van der Waals surface area contributed by atoms with Crippen molar-refractivity contribution in [3.8, 4) is 0 Å². The van der Waals surface area contributed by atoms with Crippen molar-refractivity contribution in [1.82, 2.24) is 19.6 Å². The highest BCUT2D eigenvalue weighted by Crippen LogP contribution is 2.22. The van der Waals surface area contributed by atoms with Gasteiger partial charge in [-0.15, -0.1) is 0 Å². The minimum atomic E-state index is -4.49. The fourth-order valence-corrected chi connectivity index (χ4v) is 2.23. The molecule has 2 rings (SSSR count). The van der Waals surface area contributed by atoms with E-state index in [1.54, 1.807) is 25.6 Å². The minimum Gasteiger partial charge on any atom is -0.314 e. The van der Waals surface area contributed by atoms with Gasteiger partial charge in [0.25, 0.3) is 0 Å². The molecule has 1 N–H and O–H groups in total. The molecular weight excluding hydrogens is 303 g/mol. The molecular formula is C12H16F3N5O2. The van der Waals surface area contributed by atoms with Gasteiger partial charge < -0.3 is 10.2 Å². The molecule has 1 aliphatic rings. The number of carbonyl (C=O) groups excluding carboxylic acids is 2. The van der Waals surface area contributed by atoms with Crippen LogP contribution in [0.15, 0.2) is 0 Å². The van der Waals surface area contributed by atoms with Crippen molar-refractivity contribution in [2.45, 2.75) is 20.0 Å². The molecule has 22 heavy (non-hydrogen) atoms. The normalized spacial score (nSPS) is 15.6. The second-order valence-electron chi connectivity index (χ2n) is 5.15. The summed E-state index contributed by atoms with van der Waals surface area (Å²) < 4.78 is 38.6. The molecule has 7 nitrogen and oxygen atoms in total. The number of aryl methyl sites for hydroxylation is 2. The van der Waals surface area contributed by atoms with Crippen LogP contribution in [0, 0.1) is 13.8 Å². The van der Waals surface area contributed by atoms with E-state index in [1.165, 1.54) is 0 Å². The fraction of sp³-hybridized carbons (Fsp3) is 0.583. The first-order chi connectivity index (χ1) is 10.1. The van der Waals surface area contributed by atoms with Crippen LogP contribution in [0.25, 0.3) is 0 Å². The highest BCUT2D eigenvalue weighted by Gasteiger charge is 2.39.